The smallest absolute Gasteiger partial charge is 0.149 e. The van der Waals surface area contributed by atoms with Crippen LogP contribution in [0.1, 0.15) is 16.5 Å². The lowest BCUT2D eigenvalue weighted by atomic mass is 10.2. The van der Waals surface area contributed by atoms with E-state index in [1.165, 1.54) is 11.3 Å². The molecule has 0 aliphatic carbocycles. The van der Waals surface area contributed by atoms with E-state index in [4.69, 9.17) is 11.5 Å². The Balaban J connectivity index is 2.87. The summed E-state index contributed by atoms with van der Waals surface area (Å²) in [5.74, 6) is 2.26. The lowest BCUT2D eigenvalue weighted by Crippen LogP contribution is -1.87. The Morgan fingerprint density at radius 1 is 1.80 bits per heavy atom. The van der Waals surface area contributed by atoms with Gasteiger partial charge in [0.25, 0.3) is 0 Å². The molecule has 10 heavy (non-hydrogen) atoms. The van der Waals surface area contributed by atoms with Crippen molar-refractivity contribution >= 4 is 11.3 Å². The lowest BCUT2D eigenvalue weighted by Gasteiger charge is -1.95. The minimum atomic E-state index is -0.723. The highest BCUT2D eigenvalue weighted by Gasteiger charge is 2.03. The van der Waals surface area contributed by atoms with Crippen LogP contribution < -0.4 is 0 Å². The molecule has 1 rings (SSSR count). The van der Waals surface area contributed by atoms with Crippen LogP contribution in [0, 0.1) is 19.3 Å². The quantitative estimate of drug-likeness (QED) is 0.607. The Labute approximate surface area is 64.3 Å². The molecular weight excluding hydrogens is 144 g/mol. The second-order valence-electron chi connectivity index (χ2n) is 2.10. The summed E-state index contributed by atoms with van der Waals surface area (Å²) in [7, 11) is 0. The van der Waals surface area contributed by atoms with Gasteiger partial charge in [0.05, 0.1) is 0 Å². The van der Waals surface area contributed by atoms with Gasteiger partial charge in [0.2, 0.25) is 0 Å². The van der Waals surface area contributed by atoms with E-state index >= 15 is 0 Å². The van der Waals surface area contributed by atoms with Crippen LogP contribution in [0.3, 0.4) is 0 Å². The van der Waals surface area contributed by atoms with E-state index in [1.54, 1.807) is 0 Å². The highest BCUT2D eigenvalue weighted by Crippen LogP contribution is 2.20. The number of aliphatic hydroxyl groups is 1. The molecule has 0 spiro atoms. The molecule has 2 heteroatoms. The van der Waals surface area contributed by atoms with E-state index in [2.05, 4.69) is 5.92 Å². The largest absolute Gasteiger partial charge is 0.375 e. The van der Waals surface area contributed by atoms with Gasteiger partial charge in [0.15, 0.2) is 0 Å². The van der Waals surface area contributed by atoms with Crippen LogP contribution >= 0.6 is 11.3 Å². The van der Waals surface area contributed by atoms with Gasteiger partial charge >= 0.3 is 0 Å². The summed E-state index contributed by atoms with van der Waals surface area (Å²) in [4.78, 5) is 0.847. The monoisotopic (exact) mass is 152 g/mol. The Hall–Kier alpha value is -0.780. The highest BCUT2D eigenvalue weighted by molar-refractivity contribution is 7.10. The Morgan fingerprint density at radius 2 is 2.50 bits per heavy atom. The van der Waals surface area contributed by atoms with Gasteiger partial charge in [-0.2, -0.15) is 0 Å². The molecule has 1 nitrogen and oxygen atoms in total. The molecule has 1 unspecified atom stereocenters. The first-order chi connectivity index (χ1) is 4.74. The molecule has 1 N–H and O–H groups in total. The molecule has 0 aromatic carbocycles. The summed E-state index contributed by atoms with van der Waals surface area (Å²) in [6.07, 6.45) is 4.30. The fraction of sp³-hybridized carbons (Fsp3) is 0.250. The Bertz CT molecular complexity index is 256. The van der Waals surface area contributed by atoms with Crippen molar-refractivity contribution in [1.29, 1.82) is 0 Å². The first-order valence-electron chi connectivity index (χ1n) is 2.93. The standard InChI is InChI=1S/C8H8OS/c1-3-7(9)8-4-6(2)5-10-8/h1,4-5,7,9H,2H3. The van der Waals surface area contributed by atoms with Gasteiger partial charge in [0, 0.05) is 4.88 Å². The molecule has 0 saturated carbocycles. The minimum absolute atomic E-state index is 0.723. The van der Waals surface area contributed by atoms with E-state index < -0.39 is 6.10 Å². The maximum absolute atomic E-state index is 9.12. The minimum Gasteiger partial charge on any atom is -0.375 e. The van der Waals surface area contributed by atoms with Crippen molar-refractivity contribution < 1.29 is 5.11 Å². The summed E-state index contributed by atoms with van der Waals surface area (Å²) < 4.78 is 0. The van der Waals surface area contributed by atoms with Gasteiger partial charge in [-0.3, -0.25) is 0 Å². The number of thiophene rings is 1. The fourth-order valence-corrected chi connectivity index (χ4v) is 1.52. The molecule has 0 bridgehead atoms. The van der Waals surface area contributed by atoms with Crippen LogP contribution in [-0.4, -0.2) is 5.11 Å². The van der Waals surface area contributed by atoms with Crippen LogP contribution in [0.4, 0.5) is 0 Å². The Morgan fingerprint density at radius 3 is 2.90 bits per heavy atom. The normalized spacial score (nSPS) is 12.5. The van der Waals surface area contributed by atoms with Crippen molar-refractivity contribution in [3.8, 4) is 12.3 Å². The fourth-order valence-electron chi connectivity index (χ4n) is 0.679. The van der Waals surface area contributed by atoms with Crippen LogP contribution in [0.25, 0.3) is 0 Å². The zero-order valence-corrected chi connectivity index (χ0v) is 6.48. The number of aryl methyl sites for hydroxylation is 1. The third-order valence-corrected chi connectivity index (χ3v) is 2.28. The van der Waals surface area contributed by atoms with Crippen LogP contribution in [-0.2, 0) is 0 Å². The first-order valence-corrected chi connectivity index (χ1v) is 3.81. The van der Waals surface area contributed by atoms with Gasteiger partial charge in [0.1, 0.15) is 6.10 Å². The number of terminal acetylenes is 1. The van der Waals surface area contributed by atoms with E-state index in [9.17, 15) is 0 Å². The molecule has 1 heterocycles. The van der Waals surface area contributed by atoms with E-state index in [-0.39, 0.29) is 0 Å². The summed E-state index contributed by atoms with van der Waals surface area (Å²) in [6, 6.07) is 1.90. The average molecular weight is 152 g/mol. The second kappa shape index (κ2) is 2.87. The van der Waals surface area contributed by atoms with Gasteiger partial charge in [-0.05, 0) is 23.9 Å². The number of hydrogen-bond donors (Lipinski definition) is 1. The molecule has 0 fully saturated rings. The van der Waals surface area contributed by atoms with Gasteiger partial charge in [-0.25, -0.2) is 0 Å². The zero-order chi connectivity index (χ0) is 7.56. The predicted molar refractivity (Wildman–Crippen MR) is 42.8 cm³/mol. The first kappa shape index (κ1) is 7.33. The van der Waals surface area contributed by atoms with Crippen LogP contribution in [0.5, 0.6) is 0 Å². The number of rotatable bonds is 1. The molecule has 1 aromatic rings. The third-order valence-electron chi connectivity index (χ3n) is 1.18. The third kappa shape index (κ3) is 1.38. The number of hydrogen-bond acceptors (Lipinski definition) is 2. The SMILES string of the molecule is C#CC(O)c1cc(C)cs1. The van der Waals surface area contributed by atoms with Crippen molar-refractivity contribution in [2.75, 3.05) is 0 Å². The molecule has 0 radical (unpaired) electrons. The van der Waals surface area contributed by atoms with Crippen molar-refractivity contribution in [1.82, 2.24) is 0 Å². The maximum Gasteiger partial charge on any atom is 0.149 e. The average Bonchev–Trinajstić information content (AvgIpc) is 2.34. The molecule has 0 aliphatic rings. The van der Waals surface area contributed by atoms with Gasteiger partial charge in [-0.1, -0.05) is 5.92 Å². The van der Waals surface area contributed by atoms with Gasteiger partial charge in [-0.15, -0.1) is 17.8 Å². The molecular formula is C8H8OS. The number of aliphatic hydroxyl groups excluding tert-OH is 1. The molecule has 1 aromatic heterocycles. The summed E-state index contributed by atoms with van der Waals surface area (Å²) in [5.41, 5.74) is 1.15. The second-order valence-corrected chi connectivity index (χ2v) is 3.04. The van der Waals surface area contributed by atoms with Crippen molar-refractivity contribution in [2.24, 2.45) is 0 Å². The summed E-state index contributed by atoms with van der Waals surface area (Å²) >= 11 is 1.49. The lowest BCUT2D eigenvalue weighted by molar-refractivity contribution is 0.242. The predicted octanol–water partition coefficient (Wildman–Crippen LogP) is 1.72. The van der Waals surface area contributed by atoms with Crippen LogP contribution in [0.2, 0.25) is 0 Å². The molecule has 0 aliphatic heterocycles. The highest BCUT2D eigenvalue weighted by atomic mass is 32.1. The van der Waals surface area contributed by atoms with Crippen molar-refractivity contribution in [2.45, 2.75) is 13.0 Å². The Kier molecular flexibility index (Phi) is 2.10. The molecule has 52 valence electrons. The molecule has 0 saturated heterocycles. The molecule has 1 atom stereocenters. The van der Waals surface area contributed by atoms with Crippen molar-refractivity contribution in [3.63, 3.8) is 0 Å². The van der Waals surface area contributed by atoms with Crippen molar-refractivity contribution in [3.05, 3.63) is 21.9 Å². The topological polar surface area (TPSA) is 20.2 Å². The summed E-state index contributed by atoms with van der Waals surface area (Å²) in [6.45, 7) is 1.98. The zero-order valence-electron chi connectivity index (χ0n) is 5.66. The molecule has 0 amide bonds. The maximum atomic E-state index is 9.12. The summed E-state index contributed by atoms with van der Waals surface area (Å²) in [5, 5.41) is 11.1. The van der Waals surface area contributed by atoms with Gasteiger partial charge < -0.3 is 5.11 Å². The van der Waals surface area contributed by atoms with E-state index in [1.807, 2.05) is 18.4 Å². The van der Waals surface area contributed by atoms with E-state index in [0.717, 1.165) is 10.4 Å². The van der Waals surface area contributed by atoms with E-state index in [0.29, 0.717) is 0 Å². The van der Waals surface area contributed by atoms with Crippen LogP contribution in [0.15, 0.2) is 11.4 Å².